The Kier molecular flexibility index (Phi) is 26.1. The third-order valence-electron chi connectivity index (χ3n) is 35.0. The lowest BCUT2D eigenvalue weighted by atomic mass is 9.62. The first-order chi connectivity index (χ1) is 65.0. The summed E-state index contributed by atoms with van der Waals surface area (Å²) in [5, 5.41) is 5.10. The molecule has 0 saturated carbocycles. The number of hydrogen-bond donors (Lipinski definition) is 0. The Bertz CT molecular complexity index is 6490. The highest BCUT2D eigenvalue weighted by Gasteiger charge is 2.56. The van der Waals surface area contributed by atoms with Crippen LogP contribution in [-0.2, 0) is 32.5 Å². The lowest BCUT2D eigenvalue weighted by Crippen LogP contribution is -2.33. The molecule has 0 aliphatic heterocycles. The second-order valence-electron chi connectivity index (χ2n) is 44.2. The summed E-state index contributed by atoms with van der Waals surface area (Å²) >= 11 is 0. The van der Waals surface area contributed by atoms with E-state index >= 15 is 0 Å². The summed E-state index contributed by atoms with van der Waals surface area (Å²) < 4.78 is 14.4. The van der Waals surface area contributed by atoms with Crippen LogP contribution >= 0.6 is 0 Å². The lowest BCUT2D eigenvalue weighted by molar-refractivity contribution is 0.274. The third kappa shape index (κ3) is 15.6. The SMILES string of the molecule is CCCCCCCCC1(CCCCCCCC)C2=C(CC3C(=C2)c2c(ccc4oc5ccccc5c24)C3(CCCCCCCC)CCCCCCCC)c2ccc(N(c3ccc4c(c3)C(C)(C)c3cc(-c5ccc6c(c5)C(CCCCCCC)(CCCCCCC)c5ccccc5-6)ccc3-4)c3ccc4c(c3)C(C)(C)c3c5c(c6oc7ccccc7c6c3-4)-c3ccccc3C5(C)C)cc21. The number of allylic oxidation sites excluding steroid dienone is 4. The van der Waals surface area contributed by atoms with E-state index in [1.807, 2.05) is 0 Å². The number of para-hydroxylation sites is 2. The fourth-order valence-electron chi connectivity index (χ4n) is 28.2. The van der Waals surface area contributed by atoms with E-state index in [1.54, 1.807) is 39.0 Å². The van der Waals surface area contributed by atoms with Crippen LogP contribution in [-0.4, -0.2) is 0 Å². The van der Waals surface area contributed by atoms with Gasteiger partial charge in [0.25, 0.3) is 0 Å². The first-order valence-corrected chi connectivity index (χ1v) is 54.2. The average Bonchev–Trinajstić information content (AvgIpc) is 1.50. The molecule has 20 rings (SSSR count). The van der Waals surface area contributed by atoms with E-state index < -0.39 is 5.41 Å². The summed E-state index contributed by atoms with van der Waals surface area (Å²) in [4.78, 5) is 2.77. The van der Waals surface area contributed by atoms with Crippen molar-refractivity contribution in [2.24, 2.45) is 5.92 Å². The zero-order chi connectivity index (χ0) is 91.4. The quantitative estimate of drug-likeness (QED) is 0.0357. The van der Waals surface area contributed by atoms with Gasteiger partial charge in [-0.2, -0.15) is 0 Å². The minimum atomic E-state index is -0.392. The van der Waals surface area contributed by atoms with Crippen molar-refractivity contribution in [1.29, 1.82) is 0 Å². The van der Waals surface area contributed by atoms with Gasteiger partial charge in [0.1, 0.15) is 22.3 Å². The monoisotopic (exact) mass is 1760 g/mol. The zero-order valence-electron chi connectivity index (χ0n) is 83.5. The molecule has 2 heterocycles. The largest absolute Gasteiger partial charge is 0.456 e. The maximum Gasteiger partial charge on any atom is 0.144 e. The Hall–Kier alpha value is -9.70. The van der Waals surface area contributed by atoms with Crippen LogP contribution in [0.15, 0.2) is 221 Å². The van der Waals surface area contributed by atoms with E-state index in [1.165, 1.54) is 383 Å². The van der Waals surface area contributed by atoms with Crippen LogP contribution in [0.5, 0.6) is 0 Å². The molecule has 13 aromatic rings. The summed E-state index contributed by atoms with van der Waals surface area (Å²) in [6, 6.07) is 80.9. The van der Waals surface area contributed by atoms with Gasteiger partial charge in [-0.1, -0.05) is 441 Å². The molecule has 0 spiro atoms. The van der Waals surface area contributed by atoms with Crippen molar-refractivity contribution in [1.82, 2.24) is 0 Å². The summed E-state index contributed by atoms with van der Waals surface area (Å²) in [6.07, 6.45) is 55.3. The number of hydrogen-bond acceptors (Lipinski definition) is 3. The normalized spacial score (nSPS) is 16.8. The van der Waals surface area contributed by atoms with E-state index in [9.17, 15) is 0 Å². The number of unbranched alkanes of at least 4 members (excludes halogenated alkanes) is 28. The number of nitrogens with zero attached hydrogens (tertiary/aromatic N) is 1. The summed E-state index contributed by atoms with van der Waals surface area (Å²) in [5.74, 6) is 0.362. The Labute approximate surface area is 799 Å². The third-order valence-corrected chi connectivity index (χ3v) is 35.0. The summed E-state index contributed by atoms with van der Waals surface area (Å²) in [6.45, 7) is 29.4. The topological polar surface area (TPSA) is 29.5 Å². The van der Waals surface area contributed by atoms with Crippen LogP contribution in [0.1, 0.15) is 413 Å². The van der Waals surface area contributed by atoms with Crippen LogP contribution in [0.2, 0.25) is 0 Å². The van der Waals surface area contributed by atoms with Crippen molar-refractivity contribution in [3.05, 3.63) is 279 Å². The van der Waals surface area contributed by atoms with Crippen molar-refractivity contribution < 1.29 is 8.83 Å². The summed E-state index contributed by atoms with van der Waals surface area (Å²) in [7, 11) is 0. The predicted molar refractivity (Wildman–Crippen MR) is 572 cm³/mol. The Balaban J connectivity index is 0.765. The number of rotatable bonds is 44. The van der Waals surface area contributed by atoms with Crippen LogP contribution in [0.25, 0.3) is 111 Å². The molecule has 0 bridgehead atoms. The molecule has 0 saturated heterocycles. The summed E-state index contributed by atoms with van der Waals surface area (Å²) in [5.41, 5.74) is 43.0. The second kappa shape index (κ2) is 38.1. The molecule has 0 radical (unpaired) electrons. The molecule has 7 aliphatic carbocycles. The predicted octanol–water partition coefficient (Wildman–Crippen LogP) is 39.9. The molecule has 3 nitrogen and oxygen atoms in total. The fraction of sp³-hybridized carbons (Fsp3) is 0.462. The minimum absolute atomic E-state index is 0.00412. The van der Waals surface area contributed by atoms with Gasteiger partial charge in [-0.25, -0.2) is 0 Å². The number of furan rings is 2. The van der Waals surface area contributed by atoms with Crippen molar-refractivity contribution in [2.75, 3.05) is 4.90 Å². The molecule has 1 unspecified atom stereocenters. The van der Waals surface area contributed by atoms with Gasteiger partial charge in [0, 0.05) is 76.7 Å². The van der Waals surface area contributed by atoms with Crippen LogP contribution in [0, 0.1) is 5.92 Å². The van der Waals surface area contributed by atoms with Gasteiger partial charge < -0.3 is 13.7 Å². The van der Waals surface area contributed by atoms with Gasteiger partial charge in [0.2, 0.25) is 0 Å². The van der Waals surface area contributed by atoms with Gasteiger partial charge in [-0.15, -0.1) is 0 Å². The Morgan fingerprint density at radius 3 is 1.24 bits per heavy atom. The van der Waals surface area contributed by atoms with E-state index in [4.69, 9.17) is 8.83 Å². The fourth-order valence-corrected chi connectivity index (χ4v) is 28.2. The first-order valence-electron chi connectivity index (χ1n) is 54.2. The molecule has 2 aromatic heterocycles. The van der Waals surface area contributed by atoms with Crippen LogP contribution in [0.4, 0.5) is 17.1 Å². The number of fused-ring (bicyclic) bond motifs is 27. The van der Waals surface area contributed by atoms with Gasteiger partial charge in [0.05, 0.1) is 0 Å². The molecule has 0 fully saturated rings. The molecule has 7 aliphatic rings. The van der Waals surface area contributed by atoms with Gasteiger partial charge in [-0.05, 0) is 251 Å². The average molecular weight is 1760 g/mol. The van der Waals surface area contributed by atoms with Gasteiger partial charge in [-0.3, -0.25) is 0 Å². The van der Waals surface area contributed by atoms with Gasteiger partial charge in [0.15, 0.2) is 0 Å². The highest BCUT2D eigenvalue weighted by molar-refractivity contribution is 6.21. The van der Waals surface area contributed by atoms with E-state index in [0.717, 1.165) is 41.6 Å². The molecule has 133 heavy (non-hydrogen) atoms. The smallest absolute Gasteiger partial charge is 0.144 e. The van der Waals surface area contributed by atoms with Crippen molar-refractivity contribution >= 4 is 72.1 Å². The molecule has 0 amide bonds. The molecular weight excluding hydrogens is 1610 g/mol. The standard InChI is InChI=1S/C130H153NO2/c1-13-19-25-31-37-51-77-129(78-52-38-32-26-20-14-2)106-73-74-116-118(100-57-43-47-61-114(100)132-116)117(106)103-87-112-102(86-113(103)129)97-71-66-92(85-111(97)130(112,79-53-39-33-27-21-15-3)80-54-40-34-28-22-16-4)131(91-67-72-99-109(84-91)127(11,12)122-119(99)120-101-58-44-48-62-115(101)133-124(120)121-98-56-42-45-59-104(98)126(9,10)123(121)122)90-65-70-95-94-68-63-88(81-107(94)125(7,8)108(95)83-90)89-64-69-96-93-55-41-46-60-105(93)128(110(96)82-89,75-49-35-29-23-17-5)76-50-36-30-24-18-6/h41-48,55-74,81-85,87,113H,13-40,49-54,75-80,86H2,1-12H3. The van der Waals surface area contributed by atoms with Gasteiger partial charge >= 0.3 is 0 Å². The Morgan fingerprint density at radius 2 is 0.677 bits per heavy atom. The van der Waals surface area contributed by atoms with Crippen molar-refractivity contribution in [3.8, 4) is 55.6 Å². The van der Waals surface area contributed by atoms with Crippen molar-refractivity contribution in [2.45, 2.75) is 379 Å². The van der Waals surface area contributed by atoms with E-state index in [2.05, 4.69) is 294 Å². The molecule has 3 heteroatoms. The van der Waals surface area contributed by atoms with Crippen LogP contribution < -0.4 is 4.90 Å². The second-order valence-corrected chi connectivity index (χ2v) is 44.2. The number of benzene rings is 11. The first kappa shape index (κ1) is 91.1. The molecule has 0 N–H and O–H groups in total. The van der Waals surface area contributed by atoms with Crippen LogP contribution in [0.3, 0.4) is 0 Å². The maximum absolute atomic E-state index is 7.31. The maximum atomic E-state index is 7.31. The molecule has 690 valence electrons. The number of anilines is 3. The molecule has 1 atom stereocenters. The highest BCUT2D eigenvalue weighted by Crippen LogP contribution is 2.69. The zero-order valence-corrected chi connectivity index (χ0v) is 83.5. The van der Waals surface area contributed by atoms with E-state index in [-0.39, 0.29) is 27.1 Å². The molecule has 11 aromatic carbocycles. The molecular formula is C130H153NO2. The van der Waals surface area contributed by atoms with E-state index in [0.29, 0.717) is 5.92 Å². The highest BCUT2D eigenvalue weighted by atomic mass is 16.3. The Morgan fingerprint density at radius 1 is 0.286 bits per heavy atom. The minimum Gasteiger partial charge on any atom is -0.456 e. The lowest BCUT2D eigenvalue weighted by Gasteiger charge is -2.41. The van der Waals surface area contributed by atoms with Crippen molar-refractivity contribution in [3.63, 3.8) is 0 Å².